The Bertz CT molecular complexity index is 622. The third-order valence-corrected chi connectivity index (χ3v) is 4.13. The zero-order valence-electron chi connectivity index (χ0n) is 11.5. The molecular formula is C14H17ClO3S. The standard InChI is InChI=1S/C14H17ClO3S/c1-5-6-7-18-13-8-11(4)14(19(15,16)17)9-12(13)10(2)3/h8-10H,7H2,1-4H3. The number of benzene rings is 1. The molecule has 3 nitrogen and oxygen atoms in total. The minimum atomic E-state index is -3.74. The average molecular weight is 301 g/mol. The van der Waals surface area contributed by atoms with Gasteiger partial charge < -0.3 is 4.74 Å². The van der Waals surface area contributed by atoms with Gasteiger partial charge >= 0.3 is 0 Å². The van der Waals surface area contributed by atoms with Gasteiger partial charge in [-0.15, -0.1) is 5.92 Å². The number of aryl methyl sites for hydroxylation is 1. The molecule has 0 N–H and O–H groups in total. The third kappa shape index (κ3) is 4.15. The Hall–Kier alpha value is -1.18. The Morgan fingerprint density at radius 1 is 1.37 bits per heavy atom. The highest BCUT2D eigenvalue weighted by Crippen LogP contribution is 2.32. The van der Waals surface area contributed by atoms with Crippen molar-refractivity contribution in [1.29, 1.82) is 0 Å². The third-order valence-electron chi connectivity index (χ3n) is 2.67. The Morgan fingerprint density at radius 2 is 2.00 bits per heavy atom. The van der Waals surface area contributed by atoms with Crippen molar-refractivity contribution in [3.05, 3.63) is 23.3 Å². The van der Waals surface area contributed by atoms with Crippen LogP contribution in [0.4, 0.5) is 0 Å². The molecular weight excluding hydrogens is 284 g/mol. The number of hydrogen-bond acceptors (Lipinski definition) is 3. The van der Waals surface area contributed by atoms with Gasteiger partial charge in [-0.25, -0.2) is 8.42 Å². The summed E-state index contributed by atoms with van der Waals surface area (Å²) in [5.41, 5.74) is 1.38. The molecule has 0 amide bonds. The number of halogens is 1. The molecule has 0 aromatic heterocycles. The molecule has 0 radical (unpaired) electrons. The van der Waals surface area contributed by atoms with Crippen LogP contribution >= 0.6 is 10.7 Å². The maximum Gasteiger partial charge on any atom is 0.261 e. The fourth-order valence-corrected chi connectivity index (χ4v) is 2.91. The molecule has 0 unspecified atom stereocenters. The average Bonchev–Trinajstić information content (AvgIpc) is 2.27. The molecule has 5 heteroatoms. The SMILES string of the molecule is CC#CCOc1cc(C)c(S(=O)(=O)Cl)cc1C(C)C. The Labute approximate surface area is 119 Å². The van der Waals surface area contributed by atoms with Crippen LogP contribution in [0.1, 0.15) is 37.8 Å². The molecule has 0 atom stereocenters. The van der Waals surface area contributed by atoms with E-state index in [2.05, 4.69) is 11.8 Å². The van der Waals surface area contributed by atoms with E-state index < -0.39 is 9.05 Å². The second-order valence-corrected chi connectivity index (χ2v) is 7.00. The maximum absolute atomic E-state index is 11.5. The van der Waals surface area contributed by atoms with Crippen LogP contribution in [0.25, 0.3) is 0 Å². The molecule has 0 saturated carbocycles. The Kier molecular flexibility index (Phi) is 5.28. The van der Waals surface area contributed by atoms with Gasteiger partial charge in [-0.2, -0.15) is 0 Å². The Morgan fingerprint density at radius 3 is 2.47 bits per heavy atom. The largest absolute Gasteiger partial charge is 0.481 e. The van der Waals surface area contributed by atoms with E-state index in [1.54, 1.807) is 26.0 Å². The quantitative estimate of drug-likeness (QED) is 0.632. The van der Waals surface area contributed by atoms with Crippen LogP contribution in [-0.2, 0) is 9.05 Å². The van der Waals surface area contributed by atoms with Gasteiger partial charge in [-0.05, 0) is 43.0 Å². The molecule has 0 spiro atoms. The first-order valence-electron chi connectivity index (χ1n) is 5.89. The van der Waals surface area contributed by atoms with Crippen LogP contribution < -0.4 is 4.74 Å². The predicted octanol–water partition coefficient (Wildman–Crippen LogP) is 3.45. The number of ether oxygens (including phenoxy) is 1. The topological polar surface area (TPSA) is 43.4 Å². The van der Waals surface area contributed by atoms with E-state index >= 15 is 0 Å². The van der Waals surface area contributed by atoms with Crippen molar-refractivity contribution < 1.29 is 13.2 Å². The molecule has 104 valence electrons. The predicted molar refractivity (Wildman–Crippen MR) is 77.3 cm³/mol. The zero-order valence-corrected chi connectivity index (χ0v) is 13.0. The van der Waals surface area contributed by atoms with Gasteiger partial charge in [0.1, 0.15) is 12.4 Å². The van der Waals surface area contributed by atoms with E-state index in [1.807, 2.05) is 13.8 Å². The van der Waals surface area contributed by atoms with Crippen molar-refractivity contribution in [2.75, 3.05) is 6.61 Å². The summed E-state index contributed by atoms with van der Waals surface area (Å²) in [7, 11) is 1.69. The molecule has 19 heavy (non-hydrogen) atoms. The van der Waals surface area contributed by atoms with Gasteiger partial charge in [-0.3, -0.25) is 0 Å². The first-order chi connectivity index (χ1) is 8.77. The van der Waals surface area contributed by atoms with Gasteiger partial charge in [-0.1, -0.05) is 19.8 Å². The number of rotatable bonds is 4. The smallest absolute Gasteiger partial charge is 0.261 e. The molecule has 1 aromatic rings. The van der Waals surface area contributed by atoms with E-state index in [0.717, 1.165) is 5.56 Å². The van der Waals surface area contributed by atoms with Crippen LogP contribution in [0.2, 0.25) is 0 Å². The lowest BCUT2D eigenvalue weighted by Gasteiger charge is -2.15. The summed E-state index contributed by atoms with van der Waals surface area (Å²) in [4.78, 5) is 0.131. The summed E-state index contributed by atoms with van der Waals surface area (Å²) >= 11 is 0. The fraction of sp³-hybridized carbons (Fsp3) is 0.429. The van der Waals surface area contributed by atoms with Crippen LogP contribution in [0.15, 0.2) is 17.0 Å². The Balaban J connectivity index is 3.32. The maximum atomic E-state index is 11.5. The van der Waals surface area contributed by atoms with Crippen molar-refractivity contribution >= 4 is 19.7 Å². The van der Waals surface area contributed by atoms with E-state index in [0.29, 0.717) is 11.3 Å². The molecule has 1 rings (SSSR count). The van der Waals surface area contributed by atoms with Crippen molar-refractivity contribution in [2.45, 2.75) is 38.5 Å². The molecule has 0 heterocycles. The lowest BCUT2D eigenvalue weighted by atomic mass is 10.0. The summed E-state index contributed by atoms with van der Waals surface area (Å²) in [6, 6.07) is 3.28. The van der Waals surface area contributed by atoms with Crippen LogP contribution in [0.5, 0.6) is 5.75 Å². The summed E-state index contributed by atoms with van der Waals surface area (Å²) in [5.74, 6) is 6.33. The van der Waals surface area contributed by atoms with E-state index in [4.69, 9.17) is 15.4 Å². The molecule has 0 fully saturated rings. The van der Waals surface area contributed by atoms with Gasteiger partial charge in [0.15, 0.2) is 0 Å². The molecule has 0 aliphatic heterocycles. The molecule has 0 saturated heterocycles. The van der Waals surface area contributed by atoms with Crippen molar-refractivity contribution in [1.82, 2.24) is 0 Å². The molecule has 1 aromatic carbocycles. The highest BCUT2D eigenvalue weighted by Gasteiger charge is 2.18. The summed E-state index contributed by atoms with van der Waals surface area (Å²) < 4.78 is 28.6. The highest BCUT2D eigenvalue weighted by molar-refractivity contribution is 8.13. The molecule has 0 aliphatic rings. The van der Waals surface area contributed by atoms with Crippen molar-refractivity contribution in [2.24, 2.45) is 0 Å². The summed E-state index contributed by atoms with van der Waals surface area (Å²) in [6.07, 6.45) is 0. The van der Waals surface area contributed by atoms with Gasteiger partial charge in [0, 0.05) is 10.7 Å². The van der Waals surface area contributed by atoms with Crippen LogP contribution in [-0.4, -0.2) is 15.0 Å². The van der Waals surface area contributed by atoms with Gasteiger partial charge in [0.25, 0.3) is 9.05 Å². The van der Waals surface area contributed by atoms with Crippen LogP contribution in [0.3, 0.4) is 0 Å². The summed E-state index contributed by atoms with van der Waals surface area (Å²) in [6.45, 7) is 7.64. The second-order valence-electron chi connectivity index (χ2n) is 4.46. The second kappa shape index (κ2) is 6.31. The fourth-order valence-electron chi connectivity index (χ4n) is 1.70. The minimum Gasteiger partial charge on any atom is -0.481 e. The zero-order chi connectivity index (χ0) is 14.6. The van der Waals surface area contributed by atoms with Crippen molar-refractivity contribution in [3.63, 3.8) is 0 Å². The lowest BCUT2D eigenvalue weighted by molar-refractivity contribution is 0.363. The molecule has 0 aliphatic carbocycles. The first-order valence-corrected chi connectivity index (χ1v) is 8.20. The monoisotopic (exact) mass is 300 g/mol. The highest BCUT2D eigenvalue weighted by atomic mass is 35.7. The molecule has 0 bridgehead atoms. The van der Waals surface area contributed by atoms with Crippen molar-refractivity contribution in [3.8, 4) is 17.6 Å². The minimum absolute atomic E-state index is 0.127. The lowest BCUT2D eigenvalue weighted by Crippen LogP contribution is -2.04. The van der Waals surface area contributed by atoms with E-state index in [9.17, 15) is 8.42 Å². The van der Waals surface area contributed by atoms with Gasteiger partial charge in [0.05, 0.1) is 4.90 Å². The van der Waals surface area contributed by atoms with Crippen LogP contribution in [0, 0.1) is 18.8 Å². The normalized spacial score (nSPS) is 11.1. The number of hydrogen-bond donors (Lipinski definition) is 0. The van der Waals surface area contributed by atoms with E-state index in [-0.39, 0.29) is 17.4 Å². The van der Waals surface area contributed by atoms with E-state index in [1.165, 1.54) is 0 Å². The first kappa shape index (κ1) is 15.9. The summed E-state index contributed by atoms with van der Waals surface area (Å²) in [5, 5.41) is 0. The van der Waals surface area contributed by atoms with Gasteiger partial charge in [0.2, 0.25) is 0 Å².